The number of aliphatic imine (C=N–C) groups is 1. The number of para-hydroxylation sites is 1. The summed E-state index contributed by atoms with van der Waals surface area (Å²) in [6, 6.07) is 14.3. The maximum atomic E-state index is 5.91. The van der Waals surface area contributed by atoms with E-state index in [0.717, 1.165) is 47.0 Å². The number of nitrogens with one attached hydrogen (secondary N) is 1. The largest absolute Gasteiger partial charge is 0.459 e. The number of aromatic nitrogens is 2. The summed E-state index contributed by atoms with van der Waals surface area (Å²) < 4.78 is 7.99. The monoisotopic (exact) mass is 503 g/mol. The molecule has 7 heteroatoms. The van der Waals surface area contributed by atoms with Crippen LogP contribution in [0.3, 0.4) is 0 Å². The Morgan fingerprint density at radius 1 is 1.24 bits per heavy atom. The minimum Gasteiger partial charge on any atom is -0.459 e. The zero-order valence-electron chi connectivity index (χ0n) is 16.9. The molecule has 1 N–H and O–H groups in total. The maximum absolute atomic E-state index is 5.91. The summed E-state index contributed by atoms with van der Waals surface area (Å²) in [5.74, 6) is 1.75. The van der Waals surface area contributed by atoms with Crippen LogP contribution < -0.4 is 5.32 Å². The number of halogens is 1. The molecule has 0 bridgehead atoms. The van der Waals surface area contributed by atoms with Gasteiger partial charge in [-0.2, -0.15) is 0 Å². The zero-order chi connectivity index (χ0) is 19.5. The summed E-state index contributed by atoms with van der Waals surface area (Å²) in [6.45, 7) is 3.50. The van der Waals surface area contributed by atoms with Crippen LogP contribution in [-0.2, 0) is 13.0 Å². The molecule has 152 valence electrons. The summed E-state index contributed by atoms with van der Waals surface area (Å²) in [7, 11) is 3.81. The van der Waals surface area contributed by atoms with E-state index in [0.29, 0.717) is 6.54 Å². The molecule has 1 aromatic carbocycles. The molecule has 3 aromatic heterocycles. The fraction of sp³-hybridized carbons (Fsp3) is 0.273. The molecule has 0 saturated carbocycles. The quantitative estimate of drug-likeness (QED) is 0.251. The van der Waals surface area contributed by atoms with E-state index in [1.807, 2.05) is 37.5 Å². The highest BCUT2D eigenvalue weighted by molar-refractivity contribution is 14.0. The molecule has 3 heterocycles. The number of nitrogens with zero attached hydrogens (tertiary/aromatic N) is 4. The molecule has 29 heavy (non-hydrogen) atoms. The van der Waals surface area contributed by atoms with Crippen molar-refractivity contribution in [2.24, 2.45) is 4.99 Å². The van der Waals surface area contributed by atoms with Gasteiger partial charge in [0.05, 0.1) is 12.2 Å². The Hall–Kier alpha value is -2.55. The third-order valence-corrected chi connectivity index (χ3v) is 4.83. The average molecular weight is 503 g/mol. The summed E-state index contributed by atoms with van der Waals surface area (Å²) in [6.07, 6.45) is 4.95. The molecule has 6 nitrogen and oxygen atoms in total. The highest BCUT2D eigenvalue weighted by Gasteiger charge is 2.11. The van der Waals surface area contributed by atoms with Crippen LogP contribution in [0.1, 0.15) is 17.0 Å². The number of aryl methyl sites for hydroxylation is 1. The summed E-state index contributed by atoms with van der Waals surface area (Å²) in [4.78, 5) is 11.2. The normalized spacial score (nSPS) is 11.6. The van der Waals surface area contributed by atoms with Crippen LogP contribution in [0.5, 0.6) is 0 Å². The predicted octanol–water partition coefficient (Wildman–Crippen LogP) is 4.26. The van der Waals surface area contributed by atoms with Crippen molar-refractivity contribution in [3.05, 3.63) is 71.9 Å². The molecule has 0 aliphatic rings. The van der Waals surface area contributed by atoms with Gasteiger partial charge in [-0.05, 0) is 30.7 Å². The summed E-state index contributed by atoms with van der Waals surface area (Å²) in [5, 5.41) is 4.54. The molecule has 0 amide bonds. The molecule has 0 spiro atoms. The van der Waals surface area contributed by atoms with Crippen LogP contribution >= 0.6 is 24.0 Å². The van der Waals surface area contributed by atoms with Gasteiger partial charge in [0, 0.05) is 44.8 Å². The second-order valence-corrected chi connectivity index (χ2v) is 6.98. The Labute approximate surface area is 187 Å². The van der Waals surface area contributed by atoms with Gasteiger partial charge in [-0.15, -0.1) is 24.0 Å². The van der Waals surface area contributed by atoms with Gasteiger partial charge in [-0.3, -0.25) is 4.99 Å². The van der Waals surface area contributed by atoms with E-state index in [-0.39, 0.29) is 24.0 Å². The first kappa shape index (κ1) is 21.2. The summed E-state index contributed by atoms with van der Waals surface area (Å²) in [5.41, 5.74) is 4.18. The van der Waals surface area contributed by atoms with E-state index in [1.54, 1.807) is 7.05 Å². The van der Waals surface area contributed by atoms with E-state index in [1.165, 1.54) is 5.56 Å². The number of rotatable bonds is 5. The SMILES string of the molecule is CN=C(NCCc1cn2cccc(C)c2n1)N(C)Cc1cc2ccccc2o1.I. The number of fused-ring (bicyclic) bond motifs is 2. The lowest BCUT2D eigenvalue weighted by atomic mass is 10.2. The Morgan fingerprint density at radius 3 is 2.83 bits per heavy atom. The Bertz CT molecular complexity index is 1100. The van der Waals surface area contributed by atoms with Crippen molar-refractivity contribution >= 4 is 46.6 Å². The van der Waals surface area contributed by atoms with Crippen LogP contribution in [0.25, 0.3) is 16.6 Å². The Morgan fingerprint density at radius 2 is 2.07 bits per heavy atom. The molecular formula is C22H26IN5O. The molecule has 4 rings (SSSR count). The Kier molecular flexibility index (Phi) is 6.79. The van der Waals surface area contributed by atoms with Crippen molar-refractivity contribution in [1.29, 1.82) is 0 Å². The summed E-state index contributed by atoms with van der Waals surface area (Å²) >= 11 is 0. The molecule has 0 unspecified atom stereocenters. The molecule has 0 aliphatic carbocycles. The standard InChI is InChI=1S/C22H25N5O.HI/c1-16-7-6-12-27-14-18(25-21(16)27)10-11-24-22(23-2)26(3)15-19-13-17-8-4-5-9-20(17)28-19;/h4-9,12-14H,10-11,15H2,1-3H3,(H,23,24);1H. The van der Waals surface area contributed by atoms with Crippen LogP contribution in [0.2, 0.25) is 0 Å². The van der Waals surface area contributed by atoms with E-state index < -0.39 is 0 Å². The molecule has 0 aliphatic heterocycles. The highest BCUT2D eigenvalue weighted by atomic mass is 127. The molecule has 0 radical (unpaired) electrons. The van der Waals surface area contributed by atoms with Crippen molar-refractivity contribution in [2.45, 2.75) is 19.9 Å². The van der Waals surface area contributed by atoms with E-state index in [2.05, 4.69) is 50.9 Å². The highest BCUT2D eigenvalue weighted by Crippen LogP contribution is 2.19. The third-order valence-electron chi connectivity index (χ3n) is 4.83. The topological polar surface area (TPSA) is 58.1 Å². The van der Waals surface area contributed by atoms with Gasteiger partial charge in [0.2, 0.25) is 0 Å². The second-order valence-electron chi connectivity index (χ2n) is 6.98. The van der Waals surface area contributed by atoms with E-state index in [4.69, 9.17) is 9.40 Å². The average Bonchev–Trinajstić information content (AvgIpc) is 3.29. The van der Waals surface area contributed by atoms with Gasteiger partial charge < -0.3 is 19.0 Å². The van der Waals surface area contributed by atoms with Gasteiger partial charge in [0.15, 0.2) is 5.96 Å². The second kappa shape index (κ2) is 9.30. The van der Waals surface area contributed by atoms with Crippen LogP contribution in [-0.4, -0.2) is 40.9 Å². The smallest absolute Gasteiger partial charge is 0.193 e. The van der Waals surface area contributed by atoms with Gasteiger partial charge in [-0.1, -0.05) is 24.3 Å². The lowest BCUT2D eigenvalue weighted by molar-refractivity contribution is 0.413. The van der Waals surface area contributed by atoms with Crippen molar-refractivity contribution in [1.82, 2.24) is 19.6 Å². The van der Waals surface area contributed by atoms with Crippen LogP contribution in [0, 0.1) is 6.92 Å². The van der Waals surface area contributed by atoms with E-state index >= 15 is 0 Å². The first-order valence-corrected chi connectivity index (χ1v) is 9.46. The zero-order valence-corrected chi connectivity index (χ0v) is 19.3. The Balaban J connectivity index is 0.00000240. The number of furan rings is 1. The molecule has 4 aromatic rings. The number of benzene rings is 1. The van der Waals surface area contributed by atoms with Crippen molar-refractivity contribution in [2.75, 3.05) is 20.6 Å². The van der Waals surface area contributed by atoms with Crippen molar-refractivity contribution in [3.63, 3.8) is 0 Å². The fourth-order valence-electron chi connectivity index (χ4n) is 3.44. The first-order chi connectivity index (χ1) is 13.6. The fourth-order valence-corrected chi connectivity index (χ4v) is 3.44. The van der Waals surface area contributed by atoms with Crippen molar-refractivity contribution in [3.8, 4) is 0 Å². The van der Waals surface area contributed by atoms with Gasteiger partial charge in [0.1, 0.15) is 17.0 Å². The molecule has 0 saturated heterocycles. The molecule has 0 fully saturated rings. The maximum Gasteiger partial charge on any atom is 0.193 e. The third kappa shape index (κ3) is 4.72. The van der Waals surface area contributed by atoms with E-state index in [9.17, 15) is 0 Å². The van der Waals surface area contributed by atoms with Crippen molar-refractivity contribution < 1.29 is 4.42 Å². The lowest BCUT2D eigenvalue weighted by Gasteiger charge is -2.20. The lowest BCUT2D eigenvalue weighted by Crippen LogP contribution is -2.39. The van der Waals surface area contributed by atoms with Gasteiger partial charge in [0.25, 0.3) is 0 Å². The number of imidazole rings is 1. The van der Waals surface area contributed by atoms with Gasteiger partial charge >= 0.3 is 0 Å². The number of guanidine groups is 1. The number of hydrogen-bond donors (Lipinski definition) is 1. The van der Waals surface area contributed by atoms with Gasteiger partial charge in [-0.25, -0.2) is 4.98 Å². The predicted molar refractivity (Wildman–Crippen MR) is 128 cm³/mol. The number of hydrogen-bond acceptors (Lipinski definition) is 3. The minimum atomic E-state index is 0. The number of pyridine rings is 1. The molecule has 0 atom stereocenters. The van der Waals surface area contributed by atoms with Crippen LogP contribution in [0.15, 0.2) is 64.3 Å². The van der Waals surface area contributed by atoms with Crippen LogP contribution in [0.4, 0.5) is 0 Å². The molecular weight excluding hydrogens is 477 g/mol. The minimum absolute atomic E-state index is 0. The first-order valence-electron chi connectivity index (χ1n) is 9.46.